The van der Waals surface area contributed by atoms with Crippen LogP contribution in [0, 0.1) is 0 Å². The lowest BCUT2D eigenvalue weighted by molar-refractivity contribution is -0.121. The molecule has 2 aromatic carbocycles. The van der Waals surface area contributed by atoms with Gasteiger partial charge in [-0.25, -0.2) is 4.90 Å². The monoisotopic (exact) mass is 487 g/mol. The largest absolute Gasteiger partial charge is 0.368 e. The van der Waals surface area contributed by atoms with Gasteiger partial charge in [-0.1, -0.05) is 41.6 Å². The smallest absolute Gasteiger partial charge is 0.247 e. The molecule has 6 nitrogen and oxygen atoms in total. The summed E-state index contributed by atoms with van der Waals surface area (Å²) in [6.07, 6.45) is 0.124. The van der Waals surface area contributed by atoms with Crippen LogP contribution < -0.4 is 9.80 Å². The molecule has 9 heteroatoms. The molecule has 2 aliphatic rings. The number of nitrogens with zero attached hydrogens (tertiary/aromatic N) is 3. The zero-order valence-electron chi connectivity index (χ0n) is 17.5. The van der Waals surface area contributed by atoms with Crippen LogP contribution in [0.5, 0.6) is 0 Å². The maximum absolute atomic E-state index is 12.9. The third-order valence-corrected chi connectivity index (χ3v) is 7.49. The predicted molar refractivity (Wildman–Crippen MR) is 133 cm³/mol. The molecule has 0 aliphatic carbocycles. The van der Waals surface area contributed by atoms with Crippen molar-refractivity contribution in [1.29, 1.82) is 0 Å². The molecule has 2 amide bonds. The first-order chi connectivity index (χ1) is 15.3. The number of thiocarbonyl (C=S) groups is 1. The Kier molecular flexibility index (Phi) is 6.83. The van der Waals surface area contributed by atoms with Crippen molar-refractivity contribution in [3.63, 3.8) is 0 Å². The molecule has 0 spiro atoms. The van der Waals surface area contributed by atoms with E-state index in [9.17, 15) is 14.4 Å². The van der Waals surface area contributed by atoms with E-state index in [4.69, 9.17) is 23.8 Å². The van der Waals surface area contributed by atoms with Crippen molar-refractivity contribution in [2.24, 2.45) is 0 Å². The Morgan fingerprint density at radius 2 is 1.72 bits per heavy atom. The van der Waals surface area contributed by atoms with Gasteiger partial charge in [-0.15, -0.1) is 0 Å². The van der Waals surface area contributed by atoms with E-state index in [1.54, 1.807) is 31.2 Å². The summed E-state index contributed by atoms with van der Waals surface area (Å²) in [6.45, 7) is 4.59. The van der Waals surface area contributed by atoms with E-state index in [1.807, 2.05) is 24.3 Å². The highest BCUT2D eigenvalue weighted by molar-refractivity contribution is 8.23. The lowest BCUT2D eigenvalue weighted by Crippen LogP contribution is -2.48. The van der Waals surface area contributed by atoms with Crippen LogP contribution in [-0.2, 0) is 9.59 Å². The Morgan fingerprint density at radius 3 is 2.34 bits per heavy atom. The first kappa shape index (κ1) is 22.8. The average Bonchev–Trinajstić information content (AvgIpc) is 3.06. The molecule has 2 heterocycles. The van der Waals surface area contributed by atoms with E-state index < -0.39 is 5.25 Å². The van der Waals surface area contributed by atoms with Gasteiger partial charge >= 0.3 is 0 Å². The first-order valence-electron chi connectivity index (χ1n) is 10.3. The van der Waals surface area contributed by atoms with E-state index >= 15 is 0 Å². The summed E-state index contributed by atoms with van der Waals surface area (Å²) < 4.78 is 0.635. The van der Waals surface area contributed by atoms with Gasteiger partial charge in [0.1, 0.15) is 9.57 Å². The summed E-state index contributed by atoms with van der Waals surface area (Å²) in [7, 11) is 0. The lowest BCUT2D eigenvalue weighted by atomic mass is 10.1. The zero-order valence-corrected chi connectivity index (χ0v) is 19.9. The number of hydrogen-bond donors (Lipinski definition) is 0. The zero-order chi connectivity index (χ0) is 22.8. The third-order valence-electron chi connectivity index (χ3n) is 5.59. The molecule has 1 atom stereocenters. The Balaban J connectivity index is 1.33. The number of halogens is 1. The predicted octanol–water partition coefficient (Wildman–Crippen LogP) is 4.01. The molecule has 0 saturated carbocycles. The number of imide groups is 1. The van der Waals surface area contributed by atoms with Crippen molar-refractivity contribution in [1.82, 2.24) is 4.90 Å². The second-order valence-corrected chi connectivity index (χ2v) is 9.97. The van der Waals surface area contributed by atoms with Gasteiger partial charge in [-0.2, -0.15) is 0 Å². The van der Waals surface area contributed by atoms with Crippen LogP contribution in [-0.4, -0.2) is 58.2 Å². The molecule has 2 fully saturated rings. The Labute approximate surface area is 201 Å². The molecule has 2 saturated heterocycles. The van der Waals surface area contributed by atoms with Gasteiger partial charge in [0.2, 0.25) is 11.8 Å². The minimum absolute atomic E-state index is 0.0533. The number of amides is 2. The van der Waals surface area contributed by atoms with Crippen LogP contribution in [0.2, 0.25) is 5.02 Å². The van der Waals surface area contributed by atoms with E-state index in [1.165, 1.54) is 16.7 Å². The second-order valence-electron chi connectivity index (χ2n) is 7.70. The topological polar surface area (TPSA) is 60.9 Å². The van der Waals surface area contributed by atoms with Crippen LogP contribution in [0.1, 0.15) is 23.7 Å². The van der Waals surface area contributed by atoms with Crippen molar-refractivity contribution in [2.45, 2.75) is 18.6 Å². The van der Waals surface area contributed by atoms with Gasteiger partial charge < -0.3 is 9.80 Å². The molecule has 0 bridgehead atoms. The summed E-state index contributed by atoms with van der Waals surface area (Å²) in [6, 6.07) is 14.4. The Bertz CT molecular complexity index is 1070. The van der Waals surface area contributed by atoms with Gasteiger partial charge in [0.15, 0.2) is 5.78 Å². The molecule has 2 aliphatic heterocycles. The maximum Gasteiger partial charge on any atom is 0.247 e. The summed E-state index contributed by atoms with van der Waals surface area (Å²) >= 11 is 12.9. The summed E-state index contributed by atoms with van der Waals surface area (Å²) in [4.78, 5) is 42.4. The molecule has 32 heavy (non-hydrogen) atoms. The molecule has 2 aromatic rings. The highest BCUT2D eigenvalue weighted by atomic mass is 35.5. The number of carbonyl (C=O) groups excluding carboxylic acids is 3. The lowest BCUT2D eigenvalue weighted by Gasteiger charge is -2.37. The fourth-order valence-electron chi connectivity index (χ4n) is 3.83. The third kappa shape index (κ3) is 4.82. The summed E-state index contributed by atoms with van der Waals surface area (Å²) in [5.41, 5.74) is 2.26. The molecule has 166 valence electrons. The molecule has 4 rings (SSSR count). The number of thioether (sulfide) groups is 1. The SMILES string of the molecule is CC(=O)c1ccc(N2CCN(C(=S)SC3CC(=O)N(c4cccc(Cl)c4)C3=O)CC2)cc1. The second kappa shape index (κ2) is 9.60. The number of rotatable bonds is 4. The fourth-order valence-corrected chi connectivity index (χ4v) is 5.56. The summed E-state index contributed by atoms with van der Waals surface area (Å²) in [5.74, 6) is -0.442. The first-order valence-corrected chi connectivity index (χ1v) is 11.9. The van der Waals surface area contributed by atoms with Crippen LogP contribution in [0.25, 0.3) is 0 Å². The number of carbonyl (C=O) groups is 3. The van der Waals surface area contributed by atoms with Crippen molar-refractivity contribution in [2.75, 3.05) is 36.0 Å². The van der Waals surface area contributed by atoms with Gasteiger partial charge in [0, 0.05) is 48.9 Å². The van der Waals surface area contributed by atoms with Crippen LogP contribution in [0.4, 0.5) is 11.4 Å². The van der Waals surface area contributed by atoms with E-state index in [2.05, 4.69) is 9.80 Å². The highest BCUT2D eigenvalue weighted by Crippen LogP contribution is 2.32. The number of benzene rings is 2. The average molecular weight is 488 g/mol. The number of piperazine rings is 1. The Hall–Kier alpha value is -2.42. The standard InChI is InChI=1S/C23H22ClN3O3S2/c1-15(28)16-5-7-18(8-6-16)25-9-11-26(12-10-25)23(31)32-20-14-21(29)27(22(20)30)19-4-2-3-17(24)13-19/h2-8,13,20H,9-12,14H2,1H3. The molecule has 1 unspecified atom stereocenters. The normalized spacial score (nSPS) is 18.9. The molecular formula is C23H22ClN3O3S2. The highest BCUT2D eigenvalue weighted by Gasteiger charge is 2.41. The van der Waals surface area contributed by atoms with E-state index in [0.29, 0.717) is 20.6 Å². The molecule has 0 aromatic heterocycles. The number of Topliss-reactive ketones (excluding diaryl/α,β-unsaturated/α-hetero) is 1. The summed E-state index contributed by atoms with van der Waals surface area (Å²) in [5, 5.41) is -0.0466. The van der Waals surface area contributed by atoms with Gasteiger partial charge in [0.25, 0.3) is 0 Å². The van der Waals surface area contributed by atoms with Gasteiger partial charge in [-0.3, -0.25) is 14.4 Å². The maximum atomic E-state index is 12.9. The molecular weight excluding hydrogens is 466 g/mol. The number of ketones is 1. The van der Waals surface area contributed by atoms with Crippen molar-refractivity contribution >= 4 is 68.9 Å². The van der Waals surface area contributed by atoms with Gasteiger partial charge in [0.05, 0.1) is 5.69 Å². The van der Waals surface area contributed by atoms with Crippen molar-refractivity contribution in [3.8, 4) is 0 Å². The number of hydrogen-bond acceptors (Lipinski definition) is 6. The van der Waals surface area contributed by atoms with E-state index in [0.717, 1.165) is 31.9 Å². The molecule has 0 radical (unpaired) electrons. The quantitative estimate of drug-likeness (QED) is 0.367. The van der Waals surface area contributed by atoms with Crippen LogP contribution in [0.15, 0.2) is 48.5 Å². The van der Waals surface area contributed by atoms with Gasteiger partial charge in [-0.05, 0) is 49.4 Å². The number of anilines is 2. The van der Waals surface area contributed by atoms with Crippen molar-refractivity contribution in [3.05, 3.63) is 59.1 Å². The Morgan fingerprint density at radius 1 is 1.03 bits per heavy atom. The van der Waals surface area contributed by atoms with Crippen LogP contribution in [0.3, 0.4) is 0 Å². The van der Waals surface area contributed by atoms with Crippen LogP contribution >= 0.6 is 35.6 Å². The van der Waals surface area contributed by atoms with Crippen molar-refractivity contribution < 1.29 is 14.4 Å². The van der Waals surface area contributed by atoms with E-state index in [-0.39, 0.29) is 24.0 Å². The molecule has 0 N–H and O–H groups in total. The minimum atomic E-state index is -0.522. The minimum Gasteiger partial charge on any atom is -0.368 e. The fraction of sp³-hybridized carbons (Fsp3) is 0.304.